The van der Waals surface area contributed by atoms with E-state index in [2.05, 4.69) is 15.0 Å². The van der Waals surface area contributed by atoms with Crippen molar-refractivity contribution in [2.75, 3.05) is 0 Å². The molecule has 0 aliphatic rings. The Morgan fingerprint density at radius 3 is 2.92 bits per heavy atom. The fourth-order valence-electron chi connectivity index (χ4n) is 0.987. The molecular formula is C8H6N4O. The minimum Gasteiger partial charge on any atom is -0.363 e. The molecule has 64 valence electrons. The largest absolute Gasteiger partial charge is 0.363 e. The second-order valence-corrected chi connectivity index (χ2v) is 2.47. The molecule has 13 heavy (non-hydrogen) atoms. The molecule has 0 aliphatic carbocycles. The van der Waals surface area contributed by atoms with Crippen molar-refractivity contribution in [2.45, 2.75) is 0 Å². The maximum absolute atomic E-state index is 10.7. The molecule has 0 aromatic carbocycles. The van der Waals surface area contributed by atoms with Crippen LogP contribution in [0.15, 0.2) is 24.5 Å². The average Bonchev–Trinajstić information content (AvgIpc) is 2.17. The third-order valence-corrected chi connectivity index (χ3v) is 1.57. The summed E-state index contributed by atoms with van der Waals surface area (Å²) in [6.45, 7) is 0. The molecule has 1 amide bonds. The highest BCUT2D eigenvalue weighted by molar-refractivity contribution is 5.90. The number of hydrogen-bond acceptors (Lipinski definition) is 4. The highest BCUT2D eigenvalue weighted by atomic mass is 16.1. The number of carbonyl (C=O) groups is 1. The summed E-state index contributed by atoms with van der Waals surface area (Å²) in [5.41, 5.74) is 6.28. The highest BCUT2D eigenvalue weighted by Gasteiger charge is 2.04. The average molecular weight is 174 g/mol. The van der Waals surface area contributed by atoms with Gasteiger partial charge in [-0.25, -0.2) is 9.97 Å². The fraction of sp³-hybridized carbons (Fsp3) is 0. The molecule has 0 spiro atoms. The quantitative estimate of drug-likeness (QED) is 0.665. The van der Waals surface area contributed by atoms with Gasteiger partial charge < -0.3 is 5.73 Å². The first-order valence-corrected chi connectivity index (χ1v) is 3.65. The van der Waals surface area contributed by atoms with Crippen molar-refractivity contribution in [1.29, 1.82) is 0 Å². The number of hydrogen-bond donors (Lipinski definition) is 1. The third-order valence-electron chi connectivity index (χ3n) is 1.57. The van der Waals surface area contributed by atoms with Crippen LogP contribution in [-0.4, -0.2) is 20.9 Å². The van der Waals surface area contributed by atoms with Gasteiger partial charge in [0.05, 0.1) is 11.7 Å². The Kier molecular flexibility index (Phi) is 1.63. The number of rotatable bonds is 1. The molecule has 0 saturated heterocycles. The summed E-state index contributed by atoms with van der Waals surface area (Å²) in [4.78, 5) is 22.4. The smallest absolute Gasteiger partial charge is 0.286 e. The molecule has 2 aromatic rings. The molecule has 2 heterocycles. The summed E-state index contributed by atoms with van der Waals surface area (Å²) >= 11 is 0. The van der Waals surface area contributed by atoms with Gasteiger partial charge in [0, 0.05) is 6.20 Å². The van der Waals surface area contributed by atoms with E-state index in [0.717, 1.165) is 0 Å². The molecule has 0 atom stereocenters. The van der Waals surface area contributed by atoms with Crippen LogP contribution in [0.2, 0.25) is 0 Å². The van der Waals surface area contributed by atoms with Gasteiger partial charge >= 0.3 is 0 Å². The Morgan fingerprint density at radius 1 is 1.31 bits per heavy atom. The lowest BCUT2D eigenvalue weighted by molar-refractivity contribution is 0.0991. The van der Waals surface area contributed by atoms with Crippen molar-refractivity contribution >= 4 is 16.9 Å². The van der Waals surface area contributed by atoms with E-state index in [-0.39, 0.29) is 5.82 Å². The van der Waals surface area contributed by atoms with E-state index in [0.29, 0.717) is 11.0 Å². The van der Waals surface area contributed by atoms with Crippen LogP contribution < -0.4 is 5.73 Å². The summed E-state index contributed by atoms with van der Waals surface area (Å²) in [6.07, 6.45) is 3.11. The molecule has 0 bridgehead atoms. The van der Waals surface area contributed by atoms with Crippen LogP contribution in [0.1, 0.15) is 10.6 Å². The van der Waals surface area contributed by atoms with Gasteiger partial charge in [0.15, 0.2) is 0 Å². The van der Waals surface area contributed by atoms with Crippen LogP contribution in [0.25, 0.3) is 11.0 Å². The van der Waals surface area contributed by atoms with E-state index < -0.39 is 5.91 Å². The second kappa shape index (κ2) is 2.78. The molecule has 5 nitrogen and oxygen atoms in total. The van der Waals surface area contributed by atoms with Gasteiger partial charge in [0.25, 0.3) is 5.91 Å². The molecule has 0 radical (unpaired) electrons. The number of nitrogens with two attached hydrogens (primary N) is 1. The Hall–Kier alpha value is -2.04. The molecule has 0 saturated carbocycles. The Balaban J connectivity index is 2.69. The van der Waals surface area contributed by atoms with Crippen LogP contribution in [0.5, 0.6) is 0 Å². The van der Waals surface area contributed by atoms with Crippen molar-refractivity contribution in [3.8, 4) is 0 Å². The van der Waals surface area contributed by atoms with Crippen LogP contribution in [-0.2, 0) is 0 Å². The number of pyridine rings is 1. The minimum absolute atomic E-state index is 0.0144. The minimum atomic E-state index is -0.634. The molecule has 0 fully saturated rings. The monoisotopic (exact) mass is 174 g/mol. The van der Waals surface area contributed by atoms with Crippen LogP contribution in [0.4, 0.5) is 0 Å². The highest BCUT2D eigenvalue weighted by Crippen LogP contribution is 2.05. The predicted molar refractivity (Wildman–Crippen MR) is 45.9 cm³/mol. The first kappa shape index (κ1) is 7.60. The molecular weight excluding hydrogens is 168 g/mol. The van der Waals surface area contributed by atoms with Crippen molar-refractivity contribution in [3.63, 3.8) is 0 Å². The lowest BCUT2D eigenvalue weighted by atomic mass is 10.3. The van der Waals surface area contributed by atoms with Crippen molar-refractivity contribution < 1.29 is 4.79 Å². The van der Waals surface area contributed by atoms with Gasteiger partial charge in [-0.2, -0.15) is 0 Å². The van der Waals surface area contributed by atoms with Gasteiger partial charge in [0.2, 0.25) is 5.82 Å². The van der Waals surface area contributed by atoms with E-state index >= 15 is 0 Å². The summed E-state index contributed by atoms with van der Waals surface area (Å²) in [5, 5.41) is 0. The number of aromatic nitrogens is 3. The zero-order chi connectivity index (χ0) is 9.26. The Morgan fingerprint density at radius 2 is 2.15 bits per heavy atom. The topological polar surface area (TPSA) is 81.8 Å². The van der Waals surface area contributed by atoms with Gasteiger partial charge in [-0.05, 0) is 12.1 Å². The second-order valence-electron chi connectivity index (χ2n) is 2.47. The third kappa shape index (κ3) is 1.31. The Bertz CT molecular complexity index is 468. The zero-order valence-corrected chi connectivity index (χ0v) is 6.64. The van der Waals surface area contributed by atoms with Crippen LogP contribution >= 0.6 is 0 Å². The van der Waals surface area contributed by atoms with E-state index in [4.69, 9.17) is 5.73 Å². The number of nitrogens with zero attached hydrogens (tertiary/aromatic N) is 3. The van der Waals surface area contributed by atoms with Crippen molar-refractivity contribution in [2.24, 2.45) is 5.73 Å². The van der Waals surface area contributed by atoms with Gasteiger partial charge in [-0.15, -0.1) is 0 Å². The standard InChI is InChI=1S/C8H6N4O/c9-7(13)8-11-4-6-5(12-8)2-1-3-10-6/h1-4H,(H2,9,13). The normalized spacial score (nSPS) is 10.2. The molecule has 0 unspecified atom stereocenters. The molecule has 2 rings (SSSR count). The van der Waals surface area contributed by atoms with Crippen LogP contribution in [0, 0.1) is 0 Å². The molecule has 5 heteroatoms. The van der Waals surface area contributed by atoms with E-state index in [9.17, 15) is 4.79 Å². The van der Waals surface area contributed by atoms with Gasteiger partial charge in [-0.3, -0.25) is 9.78 Å². The lowest BCUT2D eigenvalue weighted by Crippen LogP contribution is -2.15. The van der Waals surface area contributed by atoms with Crippen molar-refractivity contribution in [1.82, 2.24) is 15.0 Å². The Labute approximate surface area is 73.6 Å². The maximum Gasteiger partial charge on any atom is 0.286 e. The predicted octanol–water partition coefficient (Wildman–Crippen LogP) is 0.124. The maximum atomic E-state index is 10.7. The van der Waals surface area contributed by atoms with Crippen LogP contribution in [0.3, 0.4) is 0 Å². The van der Waals surface area contributed by atoms with Gasteiger partial charge in [0.1, 0.15) is 5.52 Å². The summed E-state index contributed by atoms with van der Waals surface area (Å²) in [5.74, 6) is -0.619. The number of carbonyl (C=O) groups excluding carboxylic acids is 1. The molecule has 2 aromatic heterocycles. The lowest BCUT2D eigenvalue weighted by Gasteiger charge is -1.96. The van der Waals surface area contributed by atoms with E-state index in [1.807, 2.05) is 0 Å². The molecule has 2 N–H and O–H groups in total. The number of primary amides is 1. The van der Waals surface area contributed by atoms with E-state index in [1.165, 1.54) is 6.20 Å². The molecule has 0 aliphatic heterocycles. The first-order chi connectivity index (χ1) is 6.27. The first-order valence-electron chi connectivity index (χ1n) is 3.65. The number of fused-ring (bicyclic) bond motifs is 1. The van der Waals surface area contributed by atoms with E-state index in [1.54, 1.807) is 18.3 Å². The number of amides is 1. The van der Waals surface area contributed by atoms with Crippen molar-refractivity contribution in [3.05, 3.63) is 30.4 Å². The van der Waals surface area contributed by atoms with Gasteiger partial charge in [-0.1, -0.05) is 0 Å². The SMILES string of the molecule is NC(=O)c1ncc2ncccc2n1. The zero-order valence-electron chi connectivity index (χ0n) is 6.64. The summed E-state index contributed by atoms with van der Waals surface area (Å²) < 4.78 is 0. The summed E-state index contributed by atoms with van der Waals surface area (Å²) in [6, 6.07) is 3.48. The fourth-order valence-corrected chi connectivity index (χ4v) is 0.987. The summed E-state index contributed by atoms with van der Waals surface area (Å²) in [7, 11) is 0.